The van der Waals surface area contributed by atoms with Crippen molar-refractivity contribution in [1.82, 2.24) is 4.90 Å². The molecule has 0 spiro atoms. The largest absolute Gasteiger partial charge is 0.462 e. The van der Waals surface area contributed by atoms with E-state index in [1.165, 1.54) is 0 Å². The lowest BCUT2D eigenvalue weighted by atomic mass is 9.92. The van der Waals surface area contributed by atoms with Crippen LogP contribution < -0.4 is 0 Å². The normalized spacial score (nSPS) is 12.4. The fourth-order valence-corrected chi connectivity index (χ4v) is 4.70. The highest BCUT2D eigenvalue weighted by atomic mass is 35.5. The molecule has 3 aromatic rings. The van der Waals surface area contributed by atoms with Gasteiger partial charge in [-0.2, -0.15) is 0 Å². The first-order valence-electron chi connectivity index (χ1n) is 13.5. The van der Waals surface area contributed by atoms with Gasteiger partial charge in [0, 0.05) is 11.6 Å². The zero-order chi connectivity index (χ0) is 27.3. The molecule has 3 aromatic carbocycles. The van der Waals surface area contributed by atoms with Crippen LogP contribution in [0.25, 0.3) is 0 Å². The quantitative estimate of drug-likeness (QED) is 0.206. The van der Waals surface area contributed by atoms with Crippen molar-refractivity contribution in [3.63, 3.8) is 0 Å². The van der Waals surface area contributed by atoms with Crippen LogP contribution in [0.3, 0.4) is 0 Å². The van der Waals surface area contributed by atoms with Gasteiger partial charge in [0.1, 0.15) is 0 Å². The van der Waals surface area contributed by atoms with E-state index in [2.05, 4.69) is 13.8 Å². The molecule has 0 fully saturated rings. The molecule has 5 nitrogen and oxygen atoms in total. The van der Waals surface area contributed by atoms with E-state index < -0.39 is 18.1 Å². The van der Waals surface area contributed by atoms with E-state index in [1.807, 2.05) is 66.7 Å². The summed E-state index contributed by atoms with van der Waals surface area (Å²) in [5.74, 6) is -0.137. The summed E-state index contributed by atoms with van der Waals surface area (Å²) in [6.07, 6.45) is 3.69. The lowest BCUT2D eigenvalue weighted by molar-refractivity contribution is 0.0422. The van der Waals surface area contributed by atoms with Crippen molar-refractivity contribution in [2.75, 3.05) is 13.2 Å². The van der Waals surface area contributed by atoms with Crippen LogP contribution in [0.15, 0.2) is 78.9 Å². The molecule has 0 bridgehead atoms. The molecule has 0 N–H and O–H groups in total. The smallest absolute Gasteiger partial charge is 0.410 e. The summed E-state index contributed by atoms with van der Waals surface area (Å²) in [6, 6.07) is 24.0. The van der Waals surface area contributed by atoms with Crippen molar-refractivity contribution in [2.45, 2.75) is 59.0 Å². The van der Waals surface area contributed by atoms with E-state index in [1.54, 1.807) is 24.0 Å². The Labute approximate surface area is 231 Å². The molecule has 6 heteroatoms. The fraction of sp³-hybridized carbons (Fsp3) is 0.375. The summed E-state index contributed by atoms with van der Waals surface area (Å²) < 4.78 is 11.3. The van der Waals surface area contributed by atoms with Crippen molar-refractivity contribution in [1.29, 1.82) is 0 Å². The standard InChI is InChI=1S/C32H38ClNO4/c1-4-7-14-24(5-2)23-38-31(35)29-21-27(33)19-20-28(29)30(26-17-12-9-13-18-26)34(32(36)37-6-3)22-25-15-10-8-11-16-25/h8-13,15-21,24,30H,4-7,14,22-23H2,1-3H3. The highest BCUT2D eigenvalue weighted by Crippen LogP contribution is 2.35. The van der Waals surface area contributed by atoms with Gasteiger partial charge in [0.05, 0.1) is 24.8 Å². The summed E-state index contributed by atoms with van der Waals surface area (Å²) in [5.41, 5.74) is 2.78. The second kappa shape index (κ2) is 15.2. The van der Waals surface area contributed by atoms with E-state index in [0.29, 0.717) is 35.2 Å². The van der Waals surface area contributed by atoms with Gasteiger partial charge in [0.2, 0.25) is 0 Å². The maximum absolute atomic E-state index is 13.5. The number of carbonyl (C=O) groups excluding carboxylic acids is 2. The Kier molecular flexibility index (Phi) is 11.7. The number of carbonyl (C=O) groups is 2. The minimum absolute atomic E-state index is 0.233. The summed E-state index contributed by atoms with van der Waals surface area (Å²) in [7, 11) is 0. The monoisotopic (exact) mass is 535 g/mol. The van der Waals surface area contributed by atoms with E-state index in [0.717, 1.165) is 36.8 Å². The number of ether oxygens (including phenoxy) is 2. The molecule has 0 saturated carbocycles. The summed E-state index contributed by atoms with van der Waals surface area (Å²) in [4.78, 5) is 28.6. The van der Waals surface area contributed by atoms with E-state index >= 15 is 0 Å². The molecule has 2 unspecified atom stereocenters. The average Bonchev–Trinajstić information content (AvgIpc) is 2.94. The average molecular weight is 536 g/mol. The SMILES string of the molecule is CCCCC(CC)COC(=O)c1cc(Cl)ccc1C(c1ccccc1)N(Cc1ccccc1)C(=O)OCC. The molecule has 38 heavy (non-hydrogen) atoms. The van der Waals surface area contributed by atoms with Gasteiger partial charge in [-0.15, -0.1) is 0 Å². The van der Waals surface area contributed by atoms with Crippen molar-refractivity contribution in [3.8, 4) is 0 Å². The number of hydrogen-bond donors (Lipinski definition) is 0. The van der Waals surface area contributed by atoms with Crippen LogP contribution in [0.2, 0.25) is 5.02 Å². The van der Waals surface area contributed by atoms with Crippen LogP contribution in [-0.4, -0.2) is 30.2 Å². The van der Waals surface area contributed by atoms with Gasteiger partial charge >= 0.3 is 12.1 Å². The van der Waals surface area contributed by atoms with Gasteiger partial charge in [-0.3, -0.25) is 4.90 Å². The molecule has 1 amide bonds. The van der Waals surface area contributed by atoms with Crippen molar-refractivity contribution < 1.29 is 19.1 Å². The maximum atomic E-state index is 13.5. The number of nitrogens with zero attached hydrogens (tertiary/aromatic N) is 1. The molecular weight excluding hydrogens is 498 g/mol. The van der Waals surface area contributed by atoms with Gasteiger partial charge < -0.3 is 9.47 Å². The van der Waals surface area contributed by atoms with Crippen LogP contribution in [0.4, 0.5) is 4.79 Å². The molecule has 0 saturated heterocycles. The molecule has 0 aliphatic carbocycles. The van der Waals surface area contributed by atoms with Crippen molar-refractivity contribution in [2.24, 2.45) is 5.92 Å². The first kappa shape index (κ1) is 29.2. The van der Waals surface area contributed by atoms with Gasteiger partial charge in [-0.05, 0) is 48.1 Å². The molecule has 0 aliphatic heterocycles. The number of hydrogen-bond acceptors (Lipinski definition) is 4. The Hall–Kier alpha value is -3.31. The number of esters is 1. The Bertz CT molecular complexity index is 1150. The summed E-state index contributed by atoms with van der Waals surface area (Å²) in [6.45, 7) is 6.94. The second-order valence-electron chi connectivity index (χ2n) is 9.37. The van der Waals surface area contributed by atoms with Gasteiger partial charge in [0.15, 0.2) is 0 Å². The highest BCUT2D eigenvalue weighted by molar-refractivity contribution is 6.31. The lowest BCUT2D eigenvalue weighted by Gasteiger charge is -2.33. The van der Waals surface area contributed by atoms with E-state index in [4.69, 9.17) is 21.1 Å². The predicted octanol–water partition coefficient (Wildman–Crippen LogP) is 8.46. The first-order valence-corrected chi connectivity index (χ1v) is 13.8. The minimum atomic E-state index is -0.600. The van der Waals surface area contributed by atoms with Crippen molar-refractivity contribution >= 4 is 23.7 Å². The van der Waals surface area contributed by atoms with Crippen LogP contribution in [-0.2, 0) is 16.0 Å². The Morgan fingerprint density at radius 2 is 1.58 bits per heavy atom. The van der Waals surface area contributed by atoms with Crippen molar-refractivity contribution in [3.05, 3.63) is 106 Å². The van der Waals surface area contributed by atoms with Crippen LogP contribution >= 0.6 is 11.6 Å². The van der Waals surface area contributed by atoms with Gasteiger partial charge in [-0.1, -0.05) is 111 Å². The molecular formula is C32H38ClNO4. The zero-order valence-corrected chi connectivity index (χ0v) is 23.3. The Morgan fingerprint density at radius 1 is 0.895 bits per heavy atom. The predicted molar refractivity (Wildman–Crippen MR) is 152 cm³/mol. The van der Waals surface area contributed by atoms with Crippen LogP contribution in [0, 0.1) is 5.92 Å². The third kappa shape index (κ3) is 8.09. The van der Waals surface area contributed by atoms with Gasteiger partial charge in [-0.25, -0.2) is 9.59 Å². The molecule has 0 aromatic heterocycles. The molecule has 202 valence electrons. The third-order valence-electron chi connectivity index (χ3n) is 6.65. The number of rotatable bonds is 13. The maximum Gasteiger partial charge on any atom is 0.410 e. The number of unbranched alkanes of at least 4 members (excludes halogenated alkanes) is 1. The topological polar surface area (TPSA) is 55.8 Å². The fourth-order valence-electron chi connectivity index (χ4n) is 4.52. The van der Waals surface area contributed by atoms with Crippen LogP contribution in [0.5, 0.6) is 0 Å². The lowest BCUT2D eigenvalue weighted by Crippen LogP contribution is -2.36. The summed E-state index contributed by atoms with van der Waals surface area (Å²) in [5, 5.41) is 0.427. The van der Waals surface area contributed by atoms with Gasteiger partial charge in [0.25, 0.3) is 0 Å². The summed E-state index contributed by atoms with van der Waals surface area (Å²) >= 11 is 6.38. The highest BCUT2D eigenvalue weighted by Gasteiger charge is 2.32. The molecule has 0 radical (unpaired) electrons. The second-order valence-corrected chi connectivity index (χ2v) is 9.81. The molecule has 3 rings (SSSR count). The zero-order valence-electron chi connectivity index (χ0n) is 22.6. The Balaban J connectivity index is 2.06. The molecule has 2 atom stereocenters. The van der Waals surface area contributed by atoms with E-state index in [-0.39, 0.29) is 6.61 Å². The number of benzene rings is 3. The molecule has 0 heterocycles. The number of amides is 1. The third-order valence-corrected chi connectivity index (χ3v) is 6.88. The van der Waals surface area contributed by atoms with Crippen LogP contribution in [0.1, 0.15) is 79.5 Å². The minimum Gasteiger partial charge on any atom is -0.462 e. The van der Waals surface area contributed by atoms with E-state index in [9.17, 15) is 9.59 Å². The molecule has 0 aliphatic rings. The first-order chi connectivity index (χ1) is 18.5. The Morgan fingerprint density at radius 3 is 2.21 bits per heavy atom. The number of halogens is 1.